The first kappa shape index (κ1) is 18.7. The lowest BCUT2D eigenvalue weighted by Gasteiger charge is -2.07. The van der Waals surface area contributed by atoms with E-state index in [0.717, 1.165) is 37.2 Å². The number of sulfonamides is 1. The van der Waals surface area contributed by atoms with Crippen LogP contribution in [0.1, 0.15) is 18.4 Å². The summed E-state index contributed by atoms with van der Waals surface area (Å²) in [6, 6.07) is 7.52. The van der Waals surface area contributed by atoms with Gasteiger partial charge in [-0.2, -0.15) is 10.2 Å². The summed E-state index contributed by atoms with van der Waals surface area (Å²) in [6.07, 6.45) is 2.64. The average molecular weight is 326 g/mol. The monoisotopic (exact) mass is 326 g/mol. The largest absolute Gasteiger partial charge is 0.309 e. The molecule has 1 N–H and O–H groups in total. The Hall–Kier alpha value is -1.31. The van der Waals surface area contributed by atoms with E-state index in [-0.39, 0.29) is 5.75 Å². The minimum atomic E-state index is -3.15. The van der Waals surface area contributed by atoms with Crippen molar-refractivity contribution in [1.29, 1.82) is 0 Å². The molecule has 7 heteroatoms. The molecule has 1 rings (SSSR count). The maximum atomic E-state index is 11.4. The average Bonchev–Trinajstić information content (AvgIpc) is 2.49. The summed E-state index contributed by atoms with van der Waals surface area (Å²) in [6.45, 7) is 1.80. The molecule has 0 fully saturated rings. The van der Waals surface area contributed by atoms with Crippen molar-refractivity contribution in [2.24, 2.45) is 10.2 Å². The molecule has 0 aliphatic heterocycles. The van der Waals surface area contributed by atoms with E-state index in [0.29, 0.717) is 6.42 Å². The topological polar surface area (TPSA) is 74.1 Å². The fourth-order valence-electron chi connectivity index (χ4n) is 1.83. The molecular weight excluding hydrogens is 300 g/mol. The van der Waals surface area contributed by atoms with Gasteiger partial charge in [0.05, 0.1) is 18.0 Å². The van der Waals surface area contributed by atoms with E-state index in [4.69, 9.17) is 0 Å². The highest BCUT2D eigenvalue weighted by molar-refractivity contribution is 7.89. The van der Waals surface area contributed by atoms with E-state index in [1.807, 2.05) is 24.3 Å². The van der Waals surface area contributed by atoms with Crippen LogP contribution in [0.15, 0.2) is 34.5 Å². The Labute approximate surface area is 133 Å². The fraction of sp³-hybridized carbons (Fsp3) is 0.600. The van der Waals surface area contributed by atoms with Gasteiger partial charge in [0, 0.05) is 0 Å². The molecule has 6 nitrogen and oxygen atoms in total. The Bertz CT molecular complexity index is 553. The van der Waals surface area contributed by atoms with Gasteiger partial charge in [0.15, 0.2) is 0 Å². The van der Waals surface area contributed by atoms with E-state index >= 15 is 0 Å². The zero-order valence-corrected chi connectivity index (χ0v) is 14.4. The second kappa shape index (κ2) is 9.66. The van der Waals surface area contributed by atoms with Gasteiger partial charge < -0.3 is 4.90 Å². The number of azo groups is 1. The molecule has 0 radical (unpaired) electrons. The standard InChI is InChI=1S/C15H26N4O2S/c1-16-22(20,21)13-10-14-6-8-15(9-7-14)18-17-11-4-5-12-19(2)3/h6-9,16H,4-5,10-13H2,1-3H3. The maximum absolute atomic E-state index is 11.4. The van der Waals surface area contributed by atoms with Crippen LogP contribution < -0.4 is 4.72 Å². The molecule has 124 valence electrons. The summed E-state index contributed by atoms with van der Waals surface area (Å²) in [5, 5.41) is 8.34. The molecule has 0 aliphatic carbocycles. The fourth-order valence-corrected chi connectivity index (χ4v) is 2.53. The number of nitrogens with one attached hydrogen (secondary N) is 1. The van der Waals surface area contributed by atoms with Gasteiger partial charge in [0.2, 0.25) is 10.0 Å². The third-order valence-corrected chi connectivity index (χ3v) is 4.57. The number of nitrogens with zero attached hydrogens (tertiary/aromatic N) is 3. The summed E-state index contributed by atoms with van der Waals surface area (Å²) in [7, 11) is 2.40. The number of rotatable bonds is 10. The molecule has 22 heavy (non-hydrogen) atoms. The summed E-state index contributed by atoms with van der Waals surface area (Å²) in [4.78, 5) is 2.16. The minimum absolute atomic E-state index is 0.0935. The highest BCUT2D eigenvalue weighted by Gasteiger charge is 2.06. The highest BCUT2D eigenvalue weighted by Crippen LogP contribution is 2.14. The first-order valence-electron chi connectivity index (χ1n) is 7.45. The Morgan fingerprint density at radius 1 is 1.14 bits per heavy atom. The molecule has 0 saturated heterocycles. The molecule has 0 saturated carbocycles. The predicted octanol–water partition coefficient (Wildman–Crippen LogP) is 2.20. The molecule has 0 unspecified atom stereocenters. The number of aryl methyl sites for hydroxylation is 1. The van der Waals surface area contributed by atoms with E-state index in [1.54, 1.807) is 0 Å². The van der Waals surface area contributed by atoms with Crippen molar-refractivity contribution in [3.63, 3.8) is 0 Å². The molecular formula is C15H26N4O2S. The van der Waals surface area contributed by atoms with Crippen LogP contribution >= 0.6 is 0 Å². The van der Waals surface area contributed by atoms with Crippen LogP contribution in [0.4, 0.5) is 5.69 Å². The van der Waals surface area contributed by atoms with E-state index in [2.05, 4.69) is 33.9 Å². The number of unbranched alkanes of at least 4 members (excludes halogenated alkanes) is 1. The van der Waals surface area contributed by atoms with Gasteiger partial charge in [-0.3, -0.25) is 0 Å². The zero-order valence-electron chi connectivity index (χ0n) is 13.6. The SMILES string of the molecule is CNS(=O)(=O)CCc1ccc(N=NCCCCN(C)C)cc1. The maximum Gasteiger partial charge on any atom is 0.211 e. The lowest BCUT2D eigenvalue weighted by molar-refractivity contribution is 0.395. The van der Waals surface area contributed by atoms with Gasteiger partial charge in [-0.15, -0.1) is 0 Å². The molecule has 0 aromatic heterocycles. The van der Waals surface area contributed by atoms with E-state index < -0.39 is 10.0 Å². The van der Waals surface area contributed by atoms with Gasteiger partial charge in [-0.1, -0.05) is 12.1 Å². The first-order chi connectivity index (χ1) is 10.4. The molecule has 1 aromatic rings. The van der Waals surface area contributed by atoms with Crippen molar-refractivity contribution < 1.29 is 8.42 Å². The smallest absolute Gasteiger partial charge is 0.211 e. The highest BCUT2D eigenvalue weighted by atomic mass is 32.2. The number of hydrogen-bond donors (Lipinski definition) is 1. The van der Waals surface area contributed by atoms with Crippen molar-refractivity contribution in [2.45, 2.75) is 19.3 Å². The second-order valence-electron chi connectivity index (χ2n) is 5.41. The Balaban J connectivity index is 2.35. The zero-order chi connectivity index (χ0) is 16.4. The van der Waals surface area contributed by atoms with Crippen molar-refractivity contribution >= 4 is 15.7 Å². The Kier molecular flexibility index (Phi) is 8.22. The van der Waals surface area contributed by atoms with Crippen molar-refractivity contribution in [2.75, 3.05) is 40.0 Å². The molecule has 0 amide bonds. The van der Waals surface area contributed by atoms with Crippen molar-refractivity contribution in [3.05, 3.63) is 29.8 Å². The van der Waals surface area contributed by atoms with Crippen LogP contribution in [0.25, 0.3) is 0 Å². The van der Waals surface area contributed by atoms with Crippen molar-refractivity contribution in [3.8, 4) is 0 Å². The van der Waals surface area contributed by atoms with Crippen molar-refractivity contribution in [1.82, 2.24) is 9.62 Å². The number of hydrogen-bond acceptors (Lipinski definition) is 5. The molecule has 0 bridgehead atoms. The van der Waals surface area contributed by atoms with Crippen LogP contribution in [0.2, 0.25) is 0 Å². The van der Waals surface area contributed by atoms with Gasteiger partial charge >= 0.3 is 0 Å². The third-order valence-electron chi connectivity index (χ3n) is 3.21. The van der Waals surface area contributed by atoms with Crippen LogP contribution in [-0.4, -0.2) is 53.3 Å². The van der Waals surface area contributed by atoms with E-state index in [9.17, 15) is 8.42 Å². The predicted molar refractivity (Wildman–Crippen MR) is 90.2 cm³/mol. The summed E-state index contributed by atoms with van der Waals surface area (Å²) < 4.78 is 25.0. The summed E-state index contributed by atoms with van der Waals surface area (Å²) in [5.74, 6) is 0.0935. The van der Waals surface area contributed by atoms with Gasteiger partial charge in [-0.05, 0) is 64.6 Å². The third kappa shape index (κ3) is 8.21. The van der Waals surface area contributed by atoms with E-state index in [1.165, 1.54) is 7.05 Å². The molecule has 0 aliphatic rings. The van der Waals surface area contributed by atoms with Crippen LogP contribution in [-0.2, 0) is 16.4 Å². The first-order valence-corrected chi connectivity index (χ1v) is 9.10. The lowest BCUT2D eigenvalue weighted by atomic mass is 10.1. The lowest BCUT2D eigenvalue weighted by Crippen LogP contribution is -2.23. The van der Waals surface area contributed by atoms with Gasteiger partial charge in [0.25, 0.3) is 0 Å². The van der Waals surface area contributed by atoms with Crippen LogP contribution in [0.3, 0.4) is 0 Å². The minimum Gasteiger partial charge on any atom is -0.309 e. The molecule has 1 aromatic carbocycles. The van der Waals surface area contributed by atoms with Gasteiger partial charge in [0.1, 0.15) is 0 Å². The Morgan fingerprint density at radius 3 is 2.41 bits per heavy atom. The van der Waals surface area contributed by atoms with Crippen LogP contribution in [0.5, 0.6) is 0 Å². The molecule has 0 heterocycles. The quantitative estimate of drug-likeness (QED) is 0.529. The van der Waals surface area contributed by atoms with Crippen LogP contribution in [0, 0.1) is 0 Å². The summed E-state index contributed by atoms with van der Waals surface area (Å²) in [5.41, 5.74) is 1.77. The molecule has 0 spiro atoms. The second-order valence-corrected chi connectivity index (χ2v) is 7.46. The number of benzene rings is 1. The molecule has 0 atom stereocenters. The summed E-state index contributed by atoms with van der Waals surface area (Å²) >= 11 is 0. The van der Waals surface area contributed by atoms with Gasteiger partial charge in [-0.25, -0.2) is 13.1 Å². The Morgan fingerprint density at radius 2 is 1.82 bits per heavy atom. The normalized spacial score (nSPS) is 12.4.